The predicted octanol–water partition coefficient (Wildman–Crippen LogP) is -0.103. The Morgan fingerprint density at radius 2 is 2.27 bits per heavy atom. The van der Waals surface area contributed by atoms with Crippen LogP contribution >= 0.6 is 0 Å². The largest absolute Gasteiger partial charge is 0.495 e. The Labute approximate surface area is 91.1 Å². The molecule has 0 amide bonds. The lowest BCUT2D eigenvalue weighted by molar-refractivity contribution is 0.00627. The van der Waals surface area contributed by atoms with Gasteiger partial charge >= 0.3 is 0 Å². The fraction of sp³-hybridized carbons (Fsp3) is 0.818. The molecule has 0 spiro atoms. The minimum Gasteiger partial charge on any atom is -0.495 e. The van der Waals surface area contributed by atoms with Crippen LogP contribution in [0.4, 0.5) is 0 Å². The molecule has 0 aliphatic carbocycles. The van der Waals surface area contributed by atoms with Gasteiger partial charge in [0.25, 0.3) is 0 Å². The predicted molar refractivity (Wildman–Crippen MR) is 58.6 cm³/mol. The molecule has 0 saturated carbocycles. The molecule has 1 saturated heterocycles. The highest BCUT2D eigenvalue weighted by Gasteiger charge is 2.32. The minimum atomic E-state index is -0.472. The summed E-state index contributed by atoms with van der Waals surface area (Å²) in [7, 11) is 4.16. The summed E-state index contributed by atoms with van der Waals surface area (Å²) in [6, 6.07) is 0.160. The lowest BCUT2D eigenvalue weighted by atomic mass is 10.0. The first-order chi connectivity index (χ1) is 7.18. The zero-order valence-electron chi connectivity index (χ0n) is 9.52. The van der Waals surface area contributed by atoms with Crippen molar-refractivity contribution in [3.63, 3.8) is 0 Å². The fourth-order valence-electron chi connectivity index (χ4n) is 2.22. The summed E-state index contributed by atoms with van der Waals surface area (Å²) < 4.78 is 5.42. The third kappa shape index (κ3) is 2.33. The molecule has 2 unspecified atom stereocenters. The van der Waals surface area contributed by atoms with Gasteiger partial charge in [0.05, 0.1) is 12.6 Å². The van der Waals surface area contributed by atoms with Crippen LogP contribution in [0.2, 0.25) is 0 Å². The van der Waals surface area contributed by atoms with Crippen LogP contribution in [0.1, 0.15) is 6.42 Å². The molecule has 1 N–H and O–H groups in total. The number of nitrogens with zero attached hydrogens (tertiary/aromatic N) is 2. The summed E-state index contributed by atoms with van der Waals surface area (Å²) in [5.74, 6) is 0.766. The van der Waals surface area contributed by atoms with E-state index in [2.05, 4.69) is 23.9 Å². The molecule has 2 aliphatic heterocycles. The van der Waals surface area contributed by atoms with Gasteiger partial charge in [-0.3, -0.25) is 4.90 Å². The second kappa shape index (κ2) is 4.51. The number of ether oxygens (including phenoxy) is 1. The van der Waals surface area contributed by atoms with Crippen LogP contribution in [0.15, 0.2) is 11.8 Å². The third-order valence-electron chi connectivity index (χ3n) is 3.29. The van der Waals surface area contributed by atoms with Crippen molar-refractivity contribution in [3.8, 4) is 0 Å². The van der Waals surface area contributed by atoms with Crippen LogP contribution < -0.4 is 0 Å². The second-order valence-electron chi connectivity index (χ2n) is 4.50. The standard InChI is InChI=1S/C11H20N2O2/c1-12-5-6-13(2)9(8-12)11(14)10-4-3-7-15-10/h4,9,11,14H,3,5-8H2,1-2H3. The maximum absolute atomic E-state index is 10.2. The Morgan fingerprint density at radius 3 is 2.93 bits per heavy atom. The van der Waals surface area contributed by atoms with Crippen molar-refractivity contribution in [3.05, 3.63) is 11.8 Å². The van der Waals surface area contributed by atoms with Crippen molar-refractivity contribution in [2.45, 2.75) is 18.6 Å². The van der Waals surface area contributed by atoms with Gasteiger partial charge in [0.1, 0.15) is 11.9 Å². The first-order valence-corrected chi connectivity index (χ1v) is 5.58. The second-order valence-corrected chi connectivity index (χ2v) is 4.50. The average molecular weight is 212 g/mol. The summed E-state index contributed by atoms with van der Waals surface area (Å²) >= 11 is 0. The highest BCUT2D eigenvalue weighted by molar-refractivity contribution is 5.08. The zero-order valence-corrected chi connectivity index (χ0v) is 9.52. The van der Waals surface area contributed by atoms with Crippen molar-refractivity contribution >= 4 is 0 Å². The third-order valence-corrected chi connectivity index (χ3v) is 3.29. The smallest absolute Gasteiger partial charge is 0.127 e. The molecule has 0 radical (unpaired) electrons. The van der Waals surface area contributed by atoms with Gasteiger partial charge in [0.2, 0.25) is 0 Å². The fourth-order valence-corrected chi connectivity index (χ4v) is 2.22. The van der Waals surface area contributed by atoms with Crippen LogP contribution in [0.3, 0.4) is 0 Å². The number of rotatable bonds is 2. The molecule has 2 heterocycles. The van der Waals surface area contributed by atoms with Crippen LogP contribution in [0.25, 0.3) is 0 Å². The number of aliphatic hydroxyl groups excluding tert-OH is 1. The van der Waals surface area contributed by atoms with E-state index in [0.29, 0.717) is 0 Å². The quantitative estimate of drug-likeness (QED) is 0.693. The molecule has 86 valence electrons. The van der Waals surface area contributed by atoms with E-state index in [1.54, 1.807) is 0 Å². The van der Waals surface area contributed by atoms with Crippen molar-refractivity contribution in [1.29, 1.82) is 0 Å². The summed E-state index contributed by atoms with van der Waals surface area (Å²) in [5, 5.41) is 10.2. The molecule has 0 aromatic rings. The minimum absolute atomic E-state index is 0.160. The van der Waals surface area contributed by atoms with Crippen molar-refractivity contribution < 1.29 is 9.84 Å². The lowest BCUT2D eigenvalue weighted by Crippen LogP contribution is -2.55. The summed E-state index contributed by atoms with van der Waals surface area (Å²) in [6.45, 7) is 3.70. The van der Waals surface area contributed by atoms with Crippen molar-refractivity contribution in [2.75, 3.05) is 40.3 Å². The van der Waals surface area contributed by atoms with E-state index in [-0.39, 0.29) is 6.04 Å². The van der Waals surface area contributed by atoms with Crippen molar-refractivity contribution in [2.24, 2.45) is 0 Å². The number of piperazine rings is 1. The van der Waals surface area contributed by atoms with Gasteiger partial charge in [-0.25, -0.2) is 0 Å². The molecule has 2 aliphatic rings. The van der Waals surface area contributed by atoms with Gasteiger partial charge in [-0.1, -0.05) is 0 Å². The Balaban J connectivity index is 2.00. The number of hydrogen-bond donors (Lipinski definition) is 1. The first kappa shape index (κ1) is 10.9. The maximum Gasteiger partial charge on any atom is 0.127 e. The maximum atomic E-state index is 10.2. The molecule has 4 heteroatoms. The van der Waals surface area contributed by atoms with Gasteiger partial charge in [-0.15, -0.1) is 0 Å². The summed E-state index contributed by atoms with van der Waals surface area (Å²) in [6.07, 6.45) is 2.46. The lowest BCUT2D eigenvalue weighted by Gasteiger charge is -2.40. The SMILES string of the molecule is CN1CCN(C)C(C(O)C2=CCCO2)C1. The normalized spacial score (nSPS) is 31.1. The molecule has 2 rings (SSSR count). The summed E-state index contributed by atoms with van der Waals surface area (Å²) in [5.41, 5.74) is 0. The topological polar surface area (TPSA) is 35.9 Å². The monoisotopic (exact) mass is 212 g/mol. The number of aliphatic hydroxyl groups is 1. The van der Waals surface area contributed by atoms with Crippen LogP contribution in [0.5, 0.6) is 0 Å². The van der Waals surface area contributed by atoms with E-state index in [0.717, 1.165) is 38.4 Å². The Hall–Kier alpha value is -0.580. The van der Waals surface area contributed by atoms with E-state index >= 15 is 0 Å². The first-order valence-electron chi connectivity index (χ1n) is 5.58. The average Bonchev–Trinajstić information content (AvgIpc) is 2.74. The molecule has 0 aromatic heterocycles. The zero-order chi connectivity index (χ0) is 10.8. The Morgan fingerprint density at radius 1 is 1.47 bits per heavy atom. The van der Waals surface area contributed by atoms with Crippen LogP contribution in [-0.4, -0.2) is 67.4 Å². The highest BCUT2D eigenvalue weighted by Crippen LogP contribution is 2.20. The van der Waals surface area contributed by atoms with Crippen molar-refractivity contribution in [1.82, 2.24) is 9.80 Å². The van der Waals surface area contributed by atoms with Crippen LogP contribution in [0, 0.1) is 0 Å². The molecule has 4 nitrogen and oxygen atoms in total. The van der Waals surface area contributed by atoms with Gasteiger partial charge < -0.3 is 14.7 Å². The van der Waals surface area contributed by atoms with E-state index in [9.17, 15) is 5.11 Å². The molecular formula is C11H20N2O2. The number of hydrogen-bond acceptors (Lipinski definition) is 4. The molecule has 15 heavy (non-hydrogen) atoms. The van der Waals surface area contributed by atoms with Gasteiger partial charge in [0, 0.05) is 26.1 Å². The van der Waals surface area contributed by atoms with Gasteiger partial charge in [-0.2, -0.15) is 0 Å². The summed E-state index contributed by atoms with van der Waals surface area (Å²) in [4.78, 5) is 4.47. The molecule has 0 aromatic carbocycles. The molecule has 1 fully saturated rings. The van der Waals surface area contributed by atoms with E-state index in [1.165, 1.54) is 0 Å². The Kier molecular flexibility index (Phi) is 3.29. The van der Waals surface area contributed by atoms with Gasteiger partial charge in [0.15, 0.2) is 0 Å². The molecule has 0 bridgehead atoms. The van der Waals surface area contributed by atoms with E-state index in [1.807, 2.05) is 6.08 Å². The Bertz CT molecular complexity index is 255. The highest BCUT2D eigenvalue weighted by atomic mass is 16.5. The molecular weight excluding hydrogens is 192 g/mol. The van der Waals surface area contributed by atoms with E-state index in [4.69, 9.17) is 4.74 Å². The number of likely N-dealkylation sites (N-methyl/N-ethyl adjacent to an activating group) is 2. The van der Waals surface area contributed by atoms with E-state index < -0.39 is 6.10 Å². The van der Waals surface area contributed by atoms with Gasteiger partial charge in [-0.05, 0) is 20.2 Å². The van der Waals surface area contributed by atoms with Crippen LogP contribution in [-0.2, 0) is 4.74 Å². The molecule has 2 atom stereocenters.